The van der Waals surface area contributed by atoms with Crippen LogP contribution in [0, 0.1) is 5.92 Å². The number of hydrogen-bond donors (Lipinski definition) is 3. The van der Waals surface area contributed by atoms with Gasteiger partial charge in [-0.2, -0.15) is 0 Å². The van der Waals surface area contributed by atoms with Crippen molar-refractivity contribution in [2.75, 3.05) is 36.1 Å². The summed E-state index contributed by atoms with van der Waals surface area (Å²) in [4.78, 5) is 30.9. The van der Waals surface area contributed by atoms with Gasteiger partial charge >= 0.3 is 6.09 Å². The number of nitrogens with zero attached hydrogens (tertiary/aromatic N) is 2. The number of pyridine rings is 1. The second kappa shape index (κ2) is 10.0. The van der Waals surface area contributed by atoms with Crippen molar-refractivity contribution in [1.29, 1.82) is 0 Å². The van der Waals surface area contributed by atoms with E-state index in [1.807, 2.05) is 36.4 Å². The molecule has 2 aromatic carbocycles. The summed E-state index contributed by atoms with van der Waals surface area (Å²) in [6.45, 7) is 1.55. The molecular formula is C25H27N5O3. The number of nitrogen functional groups attached to an aromatic ring is 1. The smallest absolute Gasteiger partial charge is 0.407 e. The number of ether oxygens (including phenoxy) is 1. The molecule has 8 nitrogen and oxygen atoms in total. The normalized spacial score (nSPS) is 16.2. The van der Waals surface area contributed by atoms with Crippen molar-refractivity contribution >= 4 is 29.1 Å². The fraction of sp³-hybridized carbons (Fsp3) is 0.240. The molecule has 170 valence electrons. The van der Waals surface area contributed by atoms with Gasteiger partial charge in [0.1, 0.15) is 6.10 Å². The molecule has 8 heteroatoms. The van der Waals surface area contributed by atoms with Crippen LogP contribution in [-0.4, -0.2) is 37.1 Å². The van der Waals surface area contributed by atoms with Crippen molar-refractivity contribution in [1.82, 2.24) is 10.3 Å². The SMILES string of the molecule is CNC(=O)O[C@H](c1cccnc1)[C@H]1CCN(c2ccc(C(=O)Nc3ccccc3N)cc2)C1. The van der Waals surface area contributed by atoms with Gasteiger partial charge in [-0.15, -0.1) is 0 Å². The molecule has 0 unspecified atom stereocenters. The molecule has 4 N–H and O–H groups in total. The van der Waals surface area contributed by atoms with Crippen molar-refractivity contribution in [3.63, 3.8) is 0 Å². The van der Waals surface area contributed by atoms with Gasteiger partial charge < -0.3 is 26.0 Å². The van der Waals surface area contributed by atoms with Crippen molar-refractivity contribution in [3.05, 3.63) is 84.2 Å². The number of carbonyl (C=O) groups is 2. The van der Waals surface area contributed by atoms with Gasteiger partial charge in [0.15, 0.2) is 0 Å². The number of hydrogen-bond acceptors (Lipinski definition) is 6. The van der Waals surface area contributed by atoms with Crippen LogP contribution in [0.5, 0.6) is 0 Å². The predicted octanol–water partition coefficient (Wildman–Crippen LogP) is 3.84. The van der Waals surface area contributed by atoms with Gasteiger partial charge in [-0.25, -0.2) is 4.79 Å². The number of rotatable bonds is 6. The molecule has 1 aromatic heterocycles. The molecular weight excluding hydrogens is 418 g/mol. The topological polar surface area (TPSA) is 110 Å². The summed E-state index contributed by atoms with van der Waals surface area (Å²) in [6, 6.07) is 18.4. The zero-order chi connectivity index (χ0) is 23.2. The molecule has 33 heavy (non-hydrogen) atoms. The first-order valence-corrected chi connectivity index (χ1v) is 10.8. The summed E-state index contributed by atoms with van der Waals surface area (Å²) in [6.07, 6.45) is 3.46. The summed E-state index contributed by atoms with van der Waals surface area (Å²) in [5.41, 5.74) is 9.46. The van der Waals surface area contributed by atoms with E-state index in [2.05, 4.69) is 20.5 Å². The van der Waals surface area contributed by atoms with Gasteiger partial charge in [-0.3, -0.25) is 9.78 Å². The first-order valence-electron chi connectivity index (χ1n) is 10.8. The third-order valence-electron chi connectivity index (χ3n) is 5.81. The number of nitrogens with two attached hydrogens (primary N) is 1. The monoisotopic (exact) mass is 445 g/mol. The van der Waals surface area contributed by atoms with E-state index < -0.39 is 6.09 Å². The third-order valence-corrected chi connectivity index (χ3v) is 5.81. The van der Waals surface area contributed by atoms with Gasteiger partial charge in [-0.05, 0) is 48.9 Å². The van der Waals surface area contributed by atoms with E-state index in [0.717, 1.165) is 30.8 Å². The van der Waals surface area contributed by atoms with Crippen LogP contribution >= 0.6 is 0 Å². The number of nitrogens with one attached hydrogen (secondary N) is 2. The third kappa shape index (κ3) is 5.23. The summed E-state index contributed by atoms with van der Waals surface area (Å²) in [5.74, 6) is -0.0927. The maximum absolute atomic E-state index is 12.6. The number of anilines is 3. The number of benzene rings is 2. The second-order valence-corrected chi connectivity index (χ2v) is 7.95. The zero-order valence-corrected chi connectivity index (χ0v) is 18.4. The predicted molar refractivity (Wildman–Crippen MR) is 128 cm³/mol. The van der Waals surface area contributed by atoms with E-state index in [1.54, 1.807) is 43.7 Å². The van der Waals surface area contributed by atoms with E-state index in [1.165, 1.54) is 0 Å². The van der Waals surface area contributed by atoms with Crippen molar-refractivity contribution in [2.24, 2.45) is 5.92 Å². The lowest BCUT2D eigenvalue weighted by Crippen LogP contribution is -2.28. The lowest BCUT2D eigenvalue weighted by Gasteiger charge is -2.25. The highest BCUT2D eigenvalue weighted by atomic mass is 16.6. The second-order valence-electron chi connectivity index (χ2n) is 7.95. The molecule has 2 atom stereocenters. The van der Waals surface area contributed by atoms with Gasteiger partial charge in [0, 0.05) is 55.3 Å². The maximum atomic E-state index is 12.6. The van der Waals surface area contributed by atoms with E-state index >= 15 is 0 Å². The quantitative estimate of drug-likeness (QED) is 0.498. The highest BCUT2D eigenvalue weighted by Crippen LogP contribution is 2.35. The Balaban J connectivity index is 1.43. The van der Waals surface area contributed by atoms with Crippen LogP contribution in [0.25, 0.3) is 0 Å². The summed E-state index contributed by atoms with van der Waals surface area (Å²) >= 11 is 0. The molecule has 0 bridgehead atoms. The summed E-state index contributed by atoms with van der Waals surface area (Å²) in [5, 5.41) is 5.37. The van der Waals surface area contributed by atoms with Crippen LogP contribution in [0.1, 0.15) is 28.4 Å². The molecule has 1 fully saturated rings. The highest BCUT2D eigenvalue weighted by molar-refractivity contribution is 6.05. The fourth-order valence-electron chi connectivity index (χ4n) is 4.05. The average molecular weight is 446 g/mol. The molecule has 0 radical (unpaired) electrons. The molecule has 2 heterocycles. The van der Waals surface area contributed by atoms with Gasteiger partial charge in [0.25, 0.3) is 5.91 Å². The number of para-hydroxylation sites is 2. The first kappa shape index (κ1) is 22.1. The molecule has 0 spiro atoms. The molecule has 4 rings (SSSR count). The minimum Gasteiger partial charge on any atom is -0.441 e. The Bertz CT molecular complexity index is 1100. The van der Waals surface area contributed by atoms with Gasteiger partial charge in [0.05, 0.1) is 11.4 Å². The molecule has 1 aliphatic rings. The number of carbonyl (C=O) groups excluding carboxylic acids is 2. The average Bonchev–Trinajstić information content (AvgIpc) is 3.34. The number of alkyl carbamates (subject to hydrolysis) is 1. The Morgan fingerprint density at radius 1 is 1.12 bits per heavy atom. The minimum absolute atomic E-state index is 0.121. The van der Waals surface area contributed by atoms with E-state index in [-0.39, 0.29) is 17.9 Å². The molecule has 1 saturated heterocycles. The Hall–Kier alpha value is -4.07. The lowest BCUT2D eigenvalue weighted by molar-refractivity contribution is 0.0678. The van der Waals surface area contributed by atoms with Gasteiger partial charge in [0.2, 0.25) is 0 Å². The van der Waals surface area contributed by atoms with Crippen LogP contribution < -0.4 is 21.3 Å². The van der Waals surface area contributed by atoms with Crippen LogP contribution in [0.3, 0.4) is 0 Å². The molecule has 0 saturated carbocycles. The maximum Gasteiger partial charge on any atom is 0.407 e. The van der Waals surface area contributed by atoms with E-state index in [4.69, 9.17) is 10.5 Å². The van der Waals surface area contributed by atoms with Crippen molar-refractivity contribution in [2.45, 2.75) is 12.5 Å². The standard InChI is InChI=1S/C25H27N5O3/c1-27-25(32)33-23(18-5-4-13-28-15-18)19-12-14-30(16-19)20-10-8-17(9-11-20)24(31)29-22-7-3-2-6-21(22)26/h2-11,13,15,19,23H,12,14,16,26H2,1H3,(H,27,32)(H,29,31)/t19-,23+/m0/s1. The molecule has 0 aliphatic carbocycles. The fourth-order valence-corrected chi connectivity index (χ4v) is 4.05. The van der Waals surface area contributed by atoms with Crippen LogP contribution in [0.4, 0.5) is 21.9 Å². The largest absolute Gasteiger partial charge is 0.441 e. The summed E-state index contributed by atoms with van der Waals surface area (Å²) < 4.78 is 5.69. The van der Waals surface area contributed by atoms with Crippen LogP contribution in [-0.2, 0) is 4.74 Å². The Labute approximate surface area is 192 Å². The van der Waals surface area contributed by atoms with Crippen LogP contribution in [0.15, 0.2) is 73.1 Å². The first-order chi connectivity index (χ1) is 16.0. The van der Waals surface area contributed by atoms with Crippen molar-refractivity contribution < 1.29 is 14.3 Å². The Morgan fingerprint density at radius 2 is 1.91 bits per heavy atom. The molecule has 1 aliphatic heterocycles. The van der Waals surface area contributed by atoms with Crippen molar-refractivity contribution in [3.8, 4) is 0 Å². The lowest BCUT2D eigenvalue weighted by atomic mass is 9.96. The van der Waals surface area contributed by atoms with E-state index in [9.17, 15) is 9.59 Å². The number of aromatic nitrogens is 1. The minimum atomic E-state index is -0.461. The Morgan fingerprint density at radius 3 is 2.61 bits per heavy atom. The molecule has 2 amide bonds. The van der Waals surface area contributed by atoms with E-state index in [0.29, 0.717) is 16.9 Å². The van der Waals surface area contributed by atoms with Crippen LogP contribution in [0.2, 0.25) is 0 Å². The number of amides is 2. The highest BCUT2D eigenvalue weighted by Gasteiger charge is 2.33. The Kier molecular flexibility index (Phi) is 6.73. The zero-order valence-electron chi connectivity index (χ0n) is 18.4. The van der Waals surface area contributed by atoms with Gasteiger partial charge in [-0.1, -0.05) is 18.2 Å². The summed E-state index contributed by atoms with van der Waals surface area (Å²) in [7, 11) is 1.55. The molecule has 3 aromatic rings.